The second-order valence-electron chi connectivity index (χ2n) is 6.44. The van der Waals surface area contributed by atoms with Gasteiger partial charge in [-0.3, -0.25) is 0 Å². The molecule has 1 aliphatic heterocycles. The average molecular weight is 281 g/mol. The topological polar surface area (TPSA) is 29.1 Å². The molecule has 118 valence electrons. The molecule has 0 spiro atoms. The van der Waals surface area contributed by atoms with E-state index in [0.29, 0.717) is 0 Å². The van der Waals surface area contributed by atoms with Crippen molar-refractivity contribution in [2.24, 2.45) is 0 Å². The highest BCUT2D eigenvalue weighted by Gasteiger charge is 2.05. The first-order valence-electron chi connectivity index (χ1n) is 9.12. The third-order valence-electron chi connectivity index (χ3n) is 4.51. The van der Waals surface area contributed by atoms with E-state index in [1.165, 1.54) is 89.9 Å². The van der Waals surface area contributed by atoms with Crippen molar-refractivity contribution in [1.29, 1.82) is 0 Å². The van der Waals surface area contributed by atoms with E-state index in [1.807, 2.05) is 0 Å². The standard InChI is InChI=1S/C18H35NO/c20-17-18-15-13-11-9-7-5-3-1-2-4-6-8-10-12-14-16-19-18/h17-19H,1-16H2/t18-/m0/s1. The van der Waals surface area contributed by atoms with Crippen LogP contribution < -0.4 is 5.32 Å². The Hall–Kier alpha value is -0.370. The van der Waals surface area contributed by atoms with Gasteiger partial charge in [-0.25, -0.2) is 0 Å². The van der Waals surface area contributed by atoms with Crippen molar-refractivity contribution in [1.82, 2.24) is 5.32 Å². The lowest BCUT2D eigenvalue weighted by molar-refractivity contribution is -0.109. The van der Waals surface area contributed by atoms with Crippen molar-refractivity contribution in [3.8, 4) is 0 Å². The molecule has 1 N–H and O–H groups in total. The van der Waals surface area contributed by atoms with E-state index in [0.717, 1.165) is 19.3 Å². The Morgan fingerprint density at radius 3 is 1.45 bits per heavy atom. The lowest BCUT2D eigenvalue weighted by Gasteiger charge is -2.12. The first kappa shape index (κ1) is 17.7. The Kier molecular flexibility index (Phi) is 12.0. The van der Waals surface area contributed by atoms with Gasteiger partial charge >= 0.3 is 0 Å². The van der Waals surface area contributed by atoms with Crippen LogP contribution >= 0.6 is 0 Å². The quantitative estimate of drug-likeness (QED) is 0.685. The first-order valence-corrected chi connectivity index (χ1v) is 9.12. The second kappa shape index (κ2) is 13.6. The van der Waals surface area contributed by atoms with Gasteiger partial charge in [-0.15, -0.1) is 0 Å². The fourth-order valence-corrected chi connectivity index (χ4v) is 3.12. The predicted octanol–water partition coefficient (Wildman–Crippen LogP) is 5.01. The Morgan fingerprint density at radius 2 is 1.00 bits per heavy atom. The van der Waals surface area contributed by atoms with E-state index in [-0.39, 0.29) is 6.04 Å². The number of nitrogens with one attached hydrogen (secondary N) is 1. The fourth-order valence-electron chi connectivity index (χ4n) is 3.12. The fraction of sp³-hybridized carbons (Fsp3) is 0.944. The lowest BCUT2D eigenvalue weighted by Crippen LogP contribution is -2.31. The van der Waals surface area contributed by atoms with Gasteiger partial charge in [-0.1, -0.05) is 83.5 Å². The summed E-state index contributed by atoms with van der Waals surface area (Å²) in [5.74, 6) is 0. The van der Waals surface area contributed by atoms with E-state index < -0.39 is 0 Å². The van der Waals surface area contributed by atoms with Gasteiger partial charge in [0.1, 0.15) is 6.29 Å². The molecule has 0 unspecified atom stereocenters. The number of rotatable bonds is 1. The summed E-state index contributed by atoms with van der Waals surface area (Å²) in [6.07, 6.45) is 21.3. The molecule has 0 radical (unpaired) electrons. The van der Waals surface area contributed by atoms with E-state index in [4.69, 9.17) is 0 Å². The third-order valence-corrected chi connectivity index (χ3v) is 4.51. The molecule has 1 atom stereocenters. The summed E-state index contributed by atoms with van der Waals surface area (Å²) in [6.45, 7) is 1.02. The van der Waals surface area contributed by atoms with Crippen LogP contribution in [0.25, 0.3) is 0 Å². The molecule has 1 rings (SSSR count). The highest BCUT2D eigenvalue weighted by molar-refractivity contribution is 5.57. The van der Waals surface area contributed by atoms with Gasteiger partial charge in [0.25, 0.3) is 0 Å². The molecule has 0 saturated carbocycles. The molecule has 2 nitrogen and oxygen atoms in total. The normalized spacial score (nSPS) is 26.3. The molecule has 1 fully saturated rings. The van der Waals surface area contributed by atoms with Gasteiger partial charge in [0.15, 0.2) is 0 Å². The maximum absolute atomic E-state index is 11.0. The van der Waals surface area contributed by atoms with Gasteiger partial charge < -0.3 is 10.1 Å². The van der Waals surface area contributed by atoms with Crippen LogP contribution in [-0.4, -0.2) is 18.9 Å². The maximum atomic E-state index is 11.0. The third kappa shape index (κ3) is 10.4. The molecule has 0 amide bonds. The van der Waals surface area contributed by atoms with E-state index >= 15 is 0 Å². The highest BCUT2D eigenvalue weighted by atomic mass is 16.1. The van der Waals surface area contributed by atoms with Gasteiger partial charge in [0, 0.05) is 0 Å². The monoisotopic (exact) mass is 281 g/mol. The first-order chi connectivity index (χ1) is 9.93. The molecule has 1 aliphatic rings. The van der Waals surface area contributed by atoms with Crippen molar-refractivity contribution in [3.05, 3.63) is 0 Å². The Morgan fingerprint density at radius 1 is 0.600 bits per heavy atom. The van der Waals surface area contributed by atoms with Crippen LogP contribution in [-0.2, 0) is 4.79 Å². The largest absolute Gasteiger partial charge is 0.308 e. The van der Waals surface area contributed by atoms with Gasteiger partial charge in [-0.05, 0) is 19.4 Å². The van der Waals surface area contributed by atoms with Crippen LogP contribution in [0.4, 0.5) is 0 Å². The van der Waals surface area contributed by atoms with Crippen molar-refractivity contribution in [2.75, 3.05) is 6.54 Å². The molecule has 20 heavy (non-hydrogen) atoms. The van der Waals surface area contributed by atoms with Crippen LogP contribution in [0, 0.1) is 0 Å². The number of carbonyl (C=O) groups is 1. The zero-order valence-corrected chi connectivity index (χ0v) is 13.4. The Labute approximate surface area is 126 Å². The van der Waals surface area contributed by atoms with E-state index in [9.17, 15) is 4.79 Å². The van der Waals surface area contributed by atoms with Crippen LogP contribution in [0.1, 0.15) is 96.3 Å². The zero-order chi connectivity index (χ0) is 14.3. The van der Waals surface area contributed by atoms with E-state index in [1.54, 1.807) is 0 Å². The minimum absolute atomic E-state index is 0.105. The molecule has 0 aromatic heterocycles. The summed E-state index contributed by atoms with van der Waals surface area (Å²) < 4.78 is 0. The molecule has 0 bridgehead atoms. The van der Waals surface area contributed by atoms with Crippen molar-refractivity contribution in [3.63, 3.8) is 0 Å². The number of aldehydes is 1. The minimum atomic E-state index is 0.105. The van der Waals surface area contributed by atoms with Crippen LogP contribution in [0.5, 0.6) is 0 Å². The molecular weight excluding hydrogens is 246 g/mol. The summed E-state index contributed by atoms with van der Waals surface area (Å²) in [4.78, 5) is 11.0. The molecule has 0 aliphatic carbocycles. The van der Waals surface area contributed by atoms with Crippen LogP contribution in [0.2, 0.25) is 0 Å². The molecule has 0 aromatic carbocycles. The number of carbonyl (C=O) groups excluding carboxylic acids is 1. The molecule has 0 aromatic rings. The summed E-state index contributed by atoms with van der Waals surface area (Å²) in [7, 11) is 0. The van der Waals surface area contributed by atoms with Crippen LogP contribution in [0.15, 0.2) is 0 Å². The SMILES string of the molecule is O=C[C@@H]1CCCCCCCCCCCCCCCCN1. The summed E-state index contributed by atoms with van der Waals surface area (Å²) in [6, 6.07) is 0.105. The molecule has 1 saturated heterocycles. The average Bonchev–Trinajstić information content (AvgIpc) is 2.47. The molecular formula is C18H35NO. The smallest absolute Gasteiger partial charge is 0.136 e. The highest BCUT2D eigenvalue weighted by Crippen LogP contribution is 2.14. The molecule has 1 heterocycles. The second-order valence-corrected chi connectivity index (χ2v) is 6.44. The Bertz CT molecular complexity index is 199. The van der Waals surface area contributed by atoms with Crippen LogP contribution in [0.3, 0.4) is 0 Å². The zero-order valence-electron chi connectivity index (χ0n) is 13.4. The summed E-state index contributed by atoms with van der Waals surface area (Å²) >= 11 is 0. The lowest BCUT2D eigenvalue weighted by atomic mass is 10.0. The predicted molar refractivity (Wildman–Crippen MR) is 87.1 cm³/mol. The maximum Gasteiger partial charge on any atom is 0.136 e. The van der Waals surface area contributed by atoms with Crippen molar-refractivity contribution in [2.45, 2.75) is 102 Å². The van der Waals surface area contributed by atoms with Crippen molar-refractivity contribution < 1.29 is 4.79 Å². The summed E-state index contributed by atoms with van der Waals surface area (Å²) in [5.41, 5.74) is 0. The molecule has 2 heteroatoms. The Balaban J connectivity index is 2.16. The van der Waals surface area contributed by atoms with E-state index in [2.05, 4.69) is 5.32 Å². The van der Waals surface area contributed by atoms with Gasteiger partial charge in [0.05, 0.1) is 6.04 Å². The minimum Gasteiger partial charge on any atom is -0.308 e. The van der Waals surface area contributed by atoms with Crippen molar-refractivity contribution >= 4 is 6.29 Å². The summed E-state index contributed by atoms with van der Waals surface area (Å²) in [5, 5.41) is 3.41. The number of hydrogen-bond donors (Lipinski definition) is 1. The number of hydrogen-bond acceptors (Lipinski definition) is 2. The van der Waals surface area contributed by atoms with Gasteiger partial charge in [0.2, 0.25) is 0 Å². The van der Waals surface area contributed by atoms with Gasteiger partial charge in [-0.2, -0.15) is 0 Å².